The minimum atomic E-state index is -3.20. The van der Waals surface area contributed by atoms with Crippen LogP contribution in [-0.2, 0) is 11.3 Å². The molecule has 13 heteroatoms. The highest BCUT2D eigenvalue weighted by atomic mass is 19.3. The summed E-state index contributed by atoms with van der Waals surface area (Å²) in [4.78, 5) is 5.16. The smallest absolute Gasteiger partial charge is 0.387 e. The Labute approximate surface area is 171 Å². The van der Waals surface area contributed by atoms with E-state index in [9.17, 15) is 26.3 Å². The SMILES string of the molecule is FC1=CN(C2CC(F)(F)C2)C(OCc2cn(-c3ccc(F)c(OC(F)F)c3)nn2)N=C1. The molecule has 1 saturated carbocycles. The first-order valence-corrected chi connectivity index (χ1v) is 9.03. The third kappa shape index (κ3) is 4.81. The van der Waals surface area contributed by atoms with Crippen LogP contribution in [0, 0.1) is 5.82 Å². The van der Waals surface area contributed by atoms with Gasteiger partial charge >= 0.3 is 6.61 Å². The van der Waals surface area contributed by atoms with Crippen LogP contribution in [0.5, 0.6) is 5.75 Å². The molecule has 7 nitrogen and oxygen atoms in total. The molecule has 2 aliphatic rings. The summed E-state index contributed by atoms with van der Waals surface area (Å²) in [5.74, 6) is -5.10. The lowest BCUT2D eigenvalue weighted by atomic mass is 9.87. The molecule has 1 aromatic carbocycles. The summed E-state index contributed by atoms with van der Waals surface area (Å²) in [7, 11) is 0. The van der Waals surface area contributed by atoms with Crippen LogP contribution in [-0.4, -0.2) is 51.0 Å². The van der Waals surface area contributed by atoms with Crippen LogP contribution in [0.25, 0.3) is 5.69 Å². The maximum Gasteiger partial charge on any atom is 0.387 e. The summed E-state index contributed by atoms with van der Waals surface area (Å²) in [5.41, 5.74) is 0.486. The molecular formula is C18H15F6N5O2. The summed E-state index contributed by atoms with van der Waals surface area (Å²) in [6.07, 6.45) is 1.49. The van der Waals surface area contributed by atoms with Gasteiger partial charge in [0.15, 0.2) is 17.4 Å². The van der Waals surface area contributed by atoms with Crippen molar-refractivity contribution in [3.63, 3.8) is 0 Å². The molecule has 2 heterocycles. The second-order valence-electron chi connectivity index (χ2n) is 6.94. The first-order chi connectivity index (χ1) is 14.7. The van der Waals surface area contributed by atoms with Crippen LogP contribution in [0.1, 0.15) is 18.5 Å². The van der Waals surface area contributed by atoms with Crippen LogP contribution >= 0.6 is 0 Å². The van der Waals surface area contributed by atoms with Gasteiger partial charge in [0.05, 0.1) is 24.7 Å². The molecule has 1 unspecified atom stereocenters. The lowest BCUT2D eigenvalue weighted by Gasteiger charge is -2.44. The molecule has 0 radical (unpaired) electrons. The minimum absolute atomic E-state index is 0.154. The van der Waals surface area contributed by atoms with Crippen LogP contribution in [0.3, 0.4) is 0 Å². The first kappa shape index (κ1) is 21.2. The maximum atomic E-state index is 13.6. The van der Waals surface area contributed by atoms with Crippen molar-refractivity contribution in [2.24, 2.45) is 4.99 Å². The Bertz CT molecular complexity index is 1000. The standard InChI is InChI=1S/C18H15F6N5O2/c19-10-6-25-17(28(7-10)13-4-18(23,24)5-13)30-9-11-8-29(27-26-11)12-1-2-14(20)15(3-12)31-16(21)22/h1-3,6-8,13,16-17H,4-5,9H2. The number of alkyl halides is 4. The fourth-order valence-corrected chi connectivity index (χ4v) is 3.18. The number of rotatable bonds is 7. The largest absolute Gasteiger partial charge is 0.432 e. The Hall–Kier alpha value is -3.09. The zero-order valence-corrected chi connectivity index (χ0v) is 15.6. The monoisotopic (exact) mass is 447 g/mol. The molecule has 1 atom stereocenters. The van der Waals surface area contributed by atoms with Gasteiger partial charge in [0.1, 0.15) is 5.69 Å². The van der Waals surface area contributed by atoms with Crippen molar-refractivity contribution in [1.29, 1.82) is 0 Å². The Balaban J connectivity index is 1.42. The van der Waals surface area contributed by atoms with Gasteiger partial charge in [-0.2, -0.15) is 8.78 Å². The molecule has 31 heavy (non-hydrogen) atoms. The van der Waals surface area contributed by atoms with Gasteiger partial charge in [0, 0.05) is 31.1 Å². The molecule has 2 aromatic rings. The highest BCUT2D eigenvalue weighted by molar-refractivity contribution is 5.76. The molecule has 166 valence electrons. The minimum Gasteiger partial charge on any atom is -0.432 e. The Morgan fingerprint density at radius 1 is 1.19 bits per heavy atom. The summed E-state index contributed by atoms with van der Waals surface area (Å²) in [6, 6.07) is 2.63. The normalized spacial score (nSPS) is 20.7. The maximum absolute atomic E-state index is 13.6. The van der Waals surface area contributed by atoms with Gasteiger partial charge in [-0.15, -0.1) is 5.10 Å². The van der Waals surface area contributed by atoms with Crippen LogP contribution in [0.15, 0.2) is 41.4 Å². The fourth-order valence-electron chi connectivity index (χ4n) is 3.18. The highest BCUT2D eigenvalue weighted by Crippen LogP contribution is 2.42. The van der Waals surface area contributed by atoms with Gasteiger partial charge in [-0.25, -0.2) is 27.2 Å². The van der Waals surface area contributed by atoms with E-state index >= 15 is 0 Å². The number of ether oxygens (including phenoxy) is 2. The Morgan fingerprint density at radius 3 is 2.68 bits per heavy atom. The molecule has 4 rings (SSSR count). The molecule has 0 bridgehead atoms. The van der Waals surface area contributed by atoms with Gasteiger partial charge < -0.3 is 14.4 Å². The second-order valence-corrected chi connectivity index (χ2v) is 6.94. The van der Waals surface area contributed by atoms with Gasteiger partial charge in [-0.3, -0.25) is 0 Å². The van der Waals surface area contributed by atoms with Crippen LogP contribution in [0.4, 0.5) is 26.3 Å². The molecule has 1 aromatic heterocycles. The molecule has 1 aliphatic heterocycles. The van der Waals surface area contributed by atoms with E-state index in [2.05, 4.69) is 20.0 Å². The quantitative estimate of drug-likeness (QED) is 0.605. The van der Waals surface area contributed by atoms with Gasteiger partial charge in [0.25, 0.3) is 5.92 Å². The predicted octanol–water partition coefficient (Wildman–Crippen LogP) is 3.80. The molecule has 1 fully saturated rings. The van der Waals surface area contributed by atoms with E-state index in [0.717, 1.165) is 24.5 Å². The lowest BCUT2D eigenvalue weighted by molar-refractivity contribution is -0.154. The van der Waals surface area contributed by atoms with Crippen molar-refractivity contribution in [3.05, 3.63) is 47.9 Å². The van der Waals surface area contributed by atoms with Crippen molar-refractivity contribution in [1.82, 2.24) is 19.9 Å². The molecule has 0 saturated heterocycles. The van der Waals surface area contributed by atoms with E-state index in [-0.39, 0.29) is 18.0 Å². The van der Waals surface area contributed by atoms with Crippen molar-refractivity contribution >= 4 is 6.21 Å². The third-order valence-electron chi connectivity index (χ3n) is 4.66. The van der Waals surface area contributed by atoms with Crippen LogP contribution < -0.4 is 4.74 Å². The van der Waals surface area contributed by atoms with Gasteiger partial charge in [-0.1, -0.05) is 5.21 Å². The summed E-state index contributed by atoms with van der Waals surface area (Å²) in [5, 5.41) is 7.67. The molecule has 1 aliphatic carbocycles. The number of hydrogen-bond donors (Lipinski definition) is 0. The number of aliphatic imine (C=N–C) groups is 1. The van der Waals surface area contributed by atoms with E-state index in [0.29, 0.717) is 0 Å². The van der Waals surface area contributed by atoms with E-state index in [1.54, 1.807) is 0 Å². The Morgan fingerprint density at radius 2 is 1.97 bits per heavy atom. The number of allylic oxidation sites excluding steroid dienone is 1. The molecule has 0 N–H and O–H groups in total. The topological polar surface area (TPSA) is 64.8 Å². The number of halogens is 6. The molecule has 0 amide bonds. The van der Waals surface area contributed by atoms with Crippen molar-refractivity contribution in [2.45, 2.75) is 44.4 Å². The van der Waals surface area contributed by atoms with E-state index in [1.165, 1.54) is 21.8 Å². The average Bonchev–Trinajstić information content (AvgIpc) is 3.15. The number of hydrogen-bond acceptors (Lipinski definition) is 6. The predicted molar refractivity (Wildman–Crippen MR) is 94.0 cm³/mol. The lowest BCUT2D eigenvalue weighted by Crippen LogP contribution is -2.53. The van der Waals surface area contributed by atoms with Crippen molar-refractivity contribution in [3.8, 4) is 11.4 Å². The third-order valence-corrected chi connectivity index (χ3v) is 4.66. The summed E-state index contributed by atoms with van der Waals surface area (Å²) >= 11 is 0. The summed E-state index contributed by atoms with van der Waals surface area (Å²) in [6.45, 7) is -3.35. The van der Waals surface area contributed by atoms with Crippen LogP contribution in [0.2, 0.25) is 0 Å². The summed E-state index contributed by atoms with van der Waals surface area (Å²) < 4.78 is 89.1. The zero-order chi connectivity index (χ0) is 22.2. The van der Waals surface area contributed by atoms with E-state index < -0.39 is 55.2 Å². The molecular weight excluding hydrogens is 432 g/mol. The van der Waals surface area contributed by atoms with E-state index in [4.69, 9.17) is 4.74 Å². The van der Waals surface area contributed by atoms with Gasteiger partial charge in [0.2, 0.25) is 6.35 Å². The highest BCUT2D eigenvalue weighted by Gasteiger charge is 2.49. The fraction of sp³-hybridized carbons (Fsp3) is 0.389. The van der Waals surface area contributed by atoms with Gasteiger partial charge in [-0.05, 0) is 12.1 Å². The zero-order valence-electron chi connectivity index (χ0n) is 15.6. The Kier molecular flexibility index (Phi) is 5.60. The molecule has 0 spiro atoms. The van der Waals surface area contributed by atoms with E-state index in [1.807, 2.05) is 0 Å². The number of aromatic nitrogens is 3. The van der Waals surface area contributed by atoms with Crippen molar-refractivity contribution < 1.29 is 35.8 Å². The average molecular weight is 447 g/mol. The second kappa shape index (κ2) is 8.21. The first-order valence-electron chi connectivity index (χ1n) is 9.03. The number of nitrogens with zero attached hydrogens (tertiary/aromatic N) is 5. The number of benzene rings is 1. The van der Waals surface area contributed by atoms with Crippen molar-refractivity contribution in [2.75, 3.05) is 0 Å².